The number of aliphatic imine (C=N–C) groups is 1. The largest absolute Gasteiger partial charge is 0.358 e. The molecule has 0 aromatic rings. The first-order valence-electron chi connectivity index (χ1n) is 6.48. The highest BCUT2D eigenvalue weighted by Crippen LogP contribution is 2.25. The Morgan fingerprint density at radius 2 is 1.71 bits per heavy atom. The summed E-state index contributed by atoms with van der Waals surface area (Å²) in [5, 5.41) is 0. The van der Waals surface area contributed by atoms with Crippen molar-refractivity contribution in [1.82, 2.24) is 14.7 Å². The van der Waals surface area contributed by atoms with Crippen molar-refractivity contribution in [2.45, 2.75) is 19.3 Å². The zero-order valence-electron chi connectivity index (χ0n) is 10.5. The van der Waals surface area contributed by atoms with Crippen molar-refractivity contribution >= 4 is 5.84 Å². The van der Waals surface area contributed by atoms with Crippen molar-refractivity contribution in [2.75, 3.05) is 33.2 Å². The van der Waals surface area contributed by atoms with Gasteiger partial charge in [-0.1, -0.05) is 6.58 Å². The van der Waals surface area contributed by atoms with Crippen LogP contribution in [0.4, 0.5) is 0 Å². The van der Waals surface area contributed by atoms with Crippen LogP contribution in [0.25, 0.3) is 0 Å². The Labute approximate surface area is 103 Å². The van der Waals surface area contributed by atoms with Crippen molar-refractivity contribution < 1.29 is 0 Å². The second-order valence-electron chi connectivity index (χ2n) is 4.98. The summed E-state index contributed by atoms with van der Waals surface area (Å²) in [4.78, 5) is 11.5. The molecule has 2 fully saturated rings. The molecule has 17 heavy (non-hydrogen) atoms. The van der Waals surface area contributed by atoms with E-state index in [0.29, 0.717) is 0 Å². The molecular weight excluding hydrogens is 212 g/mol. The van der Waals surface area contributed by atoms with Crippen LogP contribution in [0.1, 0.15) is 19.3 Å². The third-order valence-electron chi connectivity index (χ3n) is 3.84. The SMILES string of the molecule is C=C1N=C(N2CCC2)C=C(N2CCCC2)N1C. The molecule has 0 radical (unpaired) electrons. The molecule has 0 aromatic heterocycles. The normalized spacial score (nSPS) is 24.8. The summed E-state index contributed by atoms with van der Waals surface area (Å²) in [6.45, 7) is 8.66. The Morgan fingerprint density at radius 1 is 1.06 bits per heavy atom. The molecule has 92 valence electrons. The molecule has 2 saturated heterocycles. The third-order valence-corrected chi connectivity index (χ3v) is 3.84. The van der Waals surface area contributed by atoms with Crippen LogP contribution in [-0.4, -0.2) is 53.8 Å². The number of rotatable bonds is 1. The number of likely N-dealkylation sites (tertiary alicyclic amines) is 2. The minimum Gasteiger partial charge on any atom is -0.358 e. The summed E-state index contributed by atoms with van der Waals surface area (Å²) >= 11 is 0. The van der Waals surface area contributed by atoms with Crippen LogP contribution >= 0.6 is 0 Å². The van der Waals surface area contributed by atoms with Crippen molar-refractivity contribution in [3.8, 4) is 0 Å². The molecule has 3 rings (SSSR count). The van der Waals surface area contributed by atoms with Gasteiger partial charge in [-0.15, -0.1) is 0 Å². The molecule has 3 heterocycles. The number of hydrogen-bond acceptors (Lipinski definition) is 4. The van der Waals surface area contributed by atoms with Crippen LogP contribution in [-0.2, 0) is 0 Å². The van der Waals surface area contributed by atoms with E-state index >= 15 is 0 Å². The van der Waals surface area contributed by atoms with E-state index in [9.17, 15) is 0 Å². The van der Waals surface area contributed by atoms with E-state index in [1.807, 2.05) is 0 Å². The fourth-order valence-electron chi connectivity index (χ4n) is 2.54. The standard InChI is InChI=1S/C13H20N4/c1-11-14-12(16-8-5-9-16)10-13(15(11)2)17-6-3-4-7-17/h10H,1,3-9H2,2H3. The van der Waals surface area contributed by atoms with Gasteiger partial charge in [0, 0.05) is 39.3 Å². The summed E-state index contributed by atoms with van der Waals surface area (Å²) in [5.74, 6) is 3.22. The van der Waals surface area contributed by atoms with E-state index < -0.39 is 0 Å². The predicted octanol–water partition coefficient (Wildman–Crippen LogP) is 1.44. The molecule has 4 nitrogen and oxygen atoms in total. The Balaban J connectivity index is 1.85. The molecule has 0 atom stereocenters. The van der Waals surface area contributed by atoms with Gasteiger partial charge < -0.3 is 14.7 Å². The molecule has 0 aliphatic carbocycles. The Bertz CT molecular complexity index is 386. The quantitative estimate of drug-likeness (QED) is 0.683. The Morgan fingerprint density at radius 3 is 2.29 bits per heavy atom. The summed E-state index contributed by atoms with van der Waals surface area (Å²) < 4.78 is 0. The lowest BCUT2D eigenvalue weighted by atomic mass is 10.2. The van der Waals surface area contributed by atoms with E-state index in [1.165, 1.54) is 25.1 Å². The Kier molecular flexibility index (Phi) is 2.57. The molecule has 0 unspecified atom stereocenters. The van der Waals surface area contributed by atoms with Crippen molar-refractivity contribution in [3.63, 3.8) is 0 Å². The molecule has 3 aliphatic heterocycles. The van der Waals surface area contributed by atoms with E-state index in [0.717, 1.165) is 37.8 Å². The maximum Gasteiger partial charge on any atom is 0.134 e. The fourth-order valence-corrected chi connectivity index (χ4v) is 2.54. The van der Waals surface area contributed by atoms with Gasteiger partial charge in [-0.05, 0) is 19.3 Å². The first kappa shape index (κ1) is 10.7. The average Bonchev–Trinajstić information content (AvgIpc) is 2.73. The van der Waals surface area contributed by atoms with Crippen molar-refractivity contribution in [1.29, 1.82) is 0 Å². The smallest absolute Gasteiger partial charge is 0.134 e. The van der Waals surface area contributed by atoms with Gasteiger partial charge in [-0.2, -0.15) is 0 Å². The van der Waals surface area contributed by atoms with Crippen molar-refractivity contribution in [3.05, 3.63) is 24.3 Å². The molecule has 0 N–H and O–H groups in total. The lowest BCUT2D eigenvalue weighted by molar-refractivity contribution is 0.280. The molecular formula is C13H20N4. The zero-order valence-corrected chi connectivity index (χ0v) is 10.5. The number of amidine groups is 1. The van der Waals surface area contributed by atoms with Gasteiger partial charge in [0.05, 0.1) is 0 Å². The average molecular weight is 232 g/mol. The lowest BCUT2D eigenvalue weighted by Gasteiger charge is -2.38. The Hall–Kier alpha value is -1.45. The van der Waals surface area contributed by atoms with Gasteiger partial charge in [0.1, 0.15) is 17.5 Å². The van der Waals surface area contributed by atoms with Crippen LogP contribution in [0.3, 0.4) is 0 Å². The fraction of sp³-hybridized carbons (Fsp3) is 0.615. The van der Waals surface area contributed by atoms with Gasteiger partial charge >= 0.3 is 0 Å². The van der Waals surface area contributed by atoms with Gasteiger partial charge in [-0.3, -0.25) is 0 Å². The summed E-state index contributed by atoms with van der Waals surface area (Å²) in [5.41, 5.74) is 0. The minimum atomic E-state index is 0.858. The summed E-state index contributed by atoms with van der Waals surface area (Å²) in [6, 6.07) is 0. The van der Waals surface area contributed by atoms with Gasteiger partial charge in [-0.25, -0.2) is 4.99 Å². The second kappa shape index (κ2) is 4.09. The van der Waals surface area contributed by atoms with E-state index in [2.05, 4.69) is 39.4 Å². The summed E-state index contributed by atoms with van der Waals surface area (Å²) in [6.07, 6.45) is 6.11. The molecule has 0 aromatic carbocycles. The molecule has 3 aliphatic rings. The molecule has 0 bridgehead atoms. The van der Waals surface area contributed by atoms with E-state index in [-0.39, 0.29) is 0 Å². The second-order valence-corrected chi connectivity index (χ2v) is 4.98. The minimum absolute atomic E-state index is 0.858. The highest BCUT2D eigenvalue weighted by Gasteiger charge is 2.26. The zero-order chi connectivity index (χ0) is 11.8. The first-order valence-corrected chi connectivity index (χ1v) is 6.48. The van der Waals surface area contributed by atoms with Crippen LogP contribution in [0.5, 0.6) is 0 Å². The molecule has 0 saturated carbocycles. The van der Waals surface area contributed by atoms with Crippen LogP contribution in [0.15, 0.2) is 29.3 Å². The first-order chi connectivity index (χ1) is 8.25. The van der Waals surface area contributed by atoms with Crippen LogP contribution in [0.2, 0.25) is 0 Å². The van der Waals surface area contributed by atoms with Crippen LogP contribution in [0, 0.1) is 0 Å². The molecule has 0 spiro atoms. The van der Waals surface area contributed by atoms with Gasteiger partial charge in [0.2, 0.25) is 0 Å². The number of nitrogens with zero attached hydrogens (tertiary/aromatic N) is 4. The predicted molar refractivity (Wildman–Crippen MR) is 69.4 cm³/mol. The third kappa shape index (κ3) is 1.81. The maximum absolute atomic E-state index is 4.58. The number of hydrogen-bond donors (Lipinski definition) is 0. The highest BCUT2D eigenvalue weighted by molar-refractivity contribution is 5.95. The molecule has 4 heteroatoms. The van der Waals surface area contributed by atoms with Crippen LogP contribution < -0.4 is 0 Å². The van der Waals surface area contributed by atoms with E-state index in [4.69, 9.17) is 0 Å². The van der Waals surface area contributed by atoms with E-state index in [1.54, 1.807) is 0 Å². The summed E-state index contributed by atoms with van der Waals surface area (Å²) in [7, 11) is 2.06. The topological polar surface area (TPSA) is 22.1 Å². The molecule has 0 amide bonds. The highest BCUT2D eigenvalue weighted by atomic mass is 15.4. The van der Waals surface area contributed by atoms with Gasteiger partial charge in [0.15, 0.2) is 0 Å². The van der Waals surface area contributed by atoms with Crippen molar-refractivity contribution in [2.24, 2.45) is 4.99 Å². The monoisotopic (exact) mass is 232 g/mol. The van der Waals surface area contributed by atoms with Gasteiger partial charge in [0.25, 0.3) is 0 Å². The lowest BCUT2D eigenvalue weighted by Crippen LogP contribution is -2.44. The maximum atomic E-state index is 4.58.